The Bertz CT molecular complexity index is 395. The molecule has 1 fully saturated rings. The molecule has 4 heteroatoms. The molecule has 0 saturated carbocycles. The van der Waals surface area contributed by atoms with Gasteiger partial charge in [0.05, 0.1) is 12.2 Å². The maximum absolute atomic E-state index is 12.9. The predicted molar refractivity (Wildman–Crippen MR) is 68.4 cm³/mol. The van der Waals surface area contributed by atoms with E-state index in [0.717, 1.165) is 26.2 Å². The van der Waals surface area contributed by atoms with Crippen molar-refractivity contribution >= 4 is 0 Å². The Morgan fingerprint density at radius 1 is 1.44 bits per heavy atom. The van der Waals surface area contributed by atoms with E-state index in [9.17, 15) is 4.39 Å². The van der Waals surface area contributed by atoms with Crippen LogP contribution in [0.25, 0.3) is 0 Å². The van der Waals surface area contributed by atoms with E-state index in [1.807, 2.05) is 0 Å². The SMILES string of the molecule is CC1(C)CN(CCOc2cccc(F)c2)CCO1. The Balaban J connectivity index is 1.75. The number of hydrogen-bond donors (Lipinski definition) is 0. The molecular weight excluding hydrogens is 233 g/mol. The van der Waals surface area contributed by atoms with E-state index in [1.165, 1.54) is 12.1 Å². The molecule has 2 rings (SSSR count). The average Bonchev–Trinajstić information content (AvgIpc) is 2.28. The smallest absolute Gasteiger partial charge is 0.126 e. The number of hydrogen-bond acceptors (Lipinski definition) is 3. The molecule has 0 amide bonds. The molecule has 1 heterocycles. The van der Waals surface area contributed by atoms with E-state index >= 15 is 0 Å². The zero-order chi connectivity index (χ0) is 13.0. The number of halogens is 1. The van der Waals surface area contributed by atoms with Gasteiger partial charge in [0.2, 0.25) is 0 Å². The summed E-state index contributed by atoms with van der Waals surface area (Å²) in [7, 11) is 0. The lowest BCUT2D eigenvalue weighted by Gasteiger charge is -2.38. The Morgan fingerprint density at radius 2 is 2.28 bits per heavy atom. The summed E-state index contributed by atoms with van der Waals surface area (Å²) in [6.45, 7) is 8.17. The standard InChI is InChI=1S/C14H20FNO2/c1-14(2)11-16(7-9-18-14)6-8-17-13-5-3-4-12(15)10-13/h3-5,10H,6-9,11H2,1-2H3. The molecule has 3 nitrogen and oxygen atoms in total. The van der Waals surface area contributed by atoms with E-state index in [4.69, 9.17) is 9.47 Å². The van der Waals surface area contributed by atoms with Crippen molar-refractivity contribution in [2.45, 2.75) is 19.4 Å². The lowest BCUT2D eigenvalue weighted by molar-refractivity contribution is -0.0875. The number of morpholine rings is 1. The van der Waals surface area contributed by atoms with Gasteiger partial charge in [0.1, 0.15) is 18.2 Å². The molecular formula is C14H20FNO2. The predicted octanol–water partition coefficient (Wildman–Crippen LogP) is 2.32. The zero-order valence-electron chi connectivity index (χ0n) is 11.0. The van der Waals surface area contributed by atoms with Crippen LogP contribution in [-0.4, -0.2) is 43.3 Å². The number of nitrogens with zero attached hydrogens (tertiary/aromatic N) is 1. The van der Waals surface area contributed by atoms with E-state index in [1.54, 1.807) is 12.1 Å². The topological polar surface area (TPSA) is 21.7 Å². The van der Waals surface area contributed by atoms with Gasteiger partial charge in [0.15, 0.2) is 0 Å². The van der Waals surface area contributed by atoms with Crippen molar-refractivity contribution in [1.82, 2.24) is 4.90 Å². The quantitative estimate of drug-likeness (QED) is 0.822. The highest BCUT2D eigenvalue weighted by Gasteiger charge is 2.26. The van der Waals surface area contributed by atoms with Crippen LogP contribution in [0.3, 0.4) is 0 Å². The van der Waals surface area contributed by atoms with Gasteiger partial charge in [0.25, 0.3) is 0 Å². The summed E-state index contributed by atoms with van der Waals surface area (Å²) in [5.41, 5.74) is -0.0862. The molecule has 0 radical (unpaired) electrons. The summed E-state index contributed by atoms with van der Waals surface area (Å²) >= 11 is 0. The molecule has 1 aliphatic heterocycles. The third kappa shape index (κ3) is 3.96. The van der Waals surface area contributed by atoms with Gasteiger partial charge in [0, 0.05) is 25.7 Å². The molecule has 1 aromatic carbocycles. The summed E-state index contributed by atoms with van der Waals surface area (Å²) in [6, 6.07) is 6.25. The molecule has 1 aliphatic rings. The Labute approximate surface area is 107 Å². The second-order valence-corrected chi connectivity index (χ2v) is 5.19. The van der Waals surface area contributed by atoms with Crippen LogP contribution >= 0.6 is 0 Å². The summed E-state index contributed by atoms with van der Waals surface area (Å²) in [4.78, 5) is 2.31. The molecule has 100 valence electrons. The molecule has 0 aliphatic carbocycles. The van der Waals surface area contributed by atoms with Crippen LogP contribution in [0, 0.1) is 5.82 Å². The second kappa shape index (κ2) is 5.67. The first kappa shape index (κ1) is 13.3. The summed E-state index contributed by atoms with van der Waals surface area (Å²) in [5, 5.41) is 0. The first-order valence-electron chi connectivity index (χ1n) is 6.30. The van der Waals surface area contributed by atoms with Gasteiger partial charge >= 0.3 is 0 Å². The molecule has 0 spiro atoms. The summed E-state index contributed by atoms with van der Waals surface area (Å²) in [5.74, 6) is 0.322. The van der Waals surface area contributed by atoms with Gasteiger partial charge in [-0.2, -0.15) is 0 Å². The number of benzene rings is 1. The van der Waals surface area contributed by atoms with E-state index < -0.39 is 0 Å². The van der Waals surface area contributed by atoms with Crippen molar-refractivity contribution in [3.05, 3.63) is 30.1 Å². The van der Waals surface area contributed by atoms with Gasteiger partial charge in [-0.05, 0) is 26.0 Å². The number of ether oxygens (including phenoxy) is 2. The first-order valence-corrected chi connectivity index (χ1v) is 6.30. The molecule has 1 saturated heterocycles. The minimum atomic E-state index is -0.264. The van der Waals surface area contributed by atoms with Crippen LogP contribution in [0.15, 0.2) is 24.3 Å². The number of rotatable bonds is 4. The minimum Gasteiger partial charge on any atom is -0.492 e. The van der Waals surface area contributed by atoms with Crippen molar-refractivity contribution in [1.29, 1.82) is 0 Å². The molecule has 1 aromatic rings. The maximum atomic E-state index is 12.9. The molecule has 0 aromatic heterocycles. The van der Waals surface area contributed by atoms with Crippen molar-refractivity contribution in [3.63, 3.8) is 0 Å². The lowest BCUT2D eigenvalue weighted by Crippen LogP contribution is -2.49. The molecule has 0 N–H and O–H groups in total. The third-order valence-corrected chi connectivity index (χ3v) is 2.98. The molecule has 0 atom stereocenters. The van der Waals surface area contributed by atoms with Crippen molar-refractivity contribution in [2.75, 3.05) is 32.8 Å². The lowest BCUT2D eigenvalue weighted by atomic mass is 10.1. The van der Waals surface area contributed by atoms with Gasteiger partial charge in [-0.15, -0.1) is 0 Å². The van der Waals surface area contributed by atoms with Gasteiger partial charge in [-0.25, -0.2) is 4.39 Å². The van der Waals surface area contributed by atoms with Crippen LogP contribution in [0.1, 0.15) is 13.8 Å². The van der Waals surface area contributed by atoms with E-state index in [2.05, 4.69) is 18.7 Å². The normalized spacial score (nSPS) is 19.7. The van der Waals surface area contributed by atoms with Crippen LogP contribution in [0.2, 0.25) is 0 Å². The third-order valence-electron chi connectivity index (χ3n) is 2.98. The van der Waals surface area contributed by atoms with Crippen LogP contribution in [0.4, 0.5) is 4.39 Å². The maximum Gasteiger partial charge on any atom is 0.126 e. The highest BCUT2D eigenvalue weighted by Crippen LogP contribution is 2.16. The van der Waals surface area contributed by atoms with Crippen molar-refractivity contribution in [2.24, 2.45) is 0 Å². The van der Waals surface area contributed by atoms with E-state index in [-0.39, 0.29) is 11.4 Å². The van der Waals surface area contributed by atoms with Crippen LogP contribution < -0.4 is 4.74 Å². The highest BCUT2D eigenvalue weighted by atomic mass is 19.1. The Kier molecular flexibility index (Phi) is 4.19. The molecule has 18 heavy (non-hydrogen) atoms. The first-order chi connectivity index (χ1) is 8.55. The van der Waals surface area contributed by atoms with Gasteiger partial charge < -0.3 is 9.47 Å². The highest BCUT2D eigenvalue weighted by molar-refractivity contribution is 5.22. The average molecular weight is 253 g/mol. The molecule has 0 bridgehead atoms. The fourth-order valence-electron chi connectivity index (χ4n) is 2.15. The largest absolute Gasteiger partial charge is 0.492 e. The van der Waals surface area contributed by atoms with Gasteiger partial charge in [-0.1, -0.05) is 6.07 Å². The minimum absolute atomic E-state index is 0.0862. The summed E-state index contributed by atoms with van der Waals surface area (Å²) in [6.07, 6.45) is 0. The Hall–Kier alpha value is -1.13. The fourth-order valence-corrected chi connectivity index (χ4v) is 2.15. The van der Waals surface area contributed by atoms with Gasteiger partial charge in [-0.3, -0.25) is 4.90 Å². The van der Waals surface area contributed by atoms with Crippen LogP contribution in [0.5, 0.6) is 5.75 Å². The zero-order valence-corrected chi connectivity index (χ0v) is 11.0. The Morgan fingerprint density at radius 3 is 3.00 bits per heavy atom. The fraction of sp³-hybridized carbons (Fsp3) is 0.571. The monoisotopic (exact) mass is 253 g/mol. The second-order valence-electron chi connectivity index (χ2n) is 5.19. The van der Waals surface area contributed by atoms with E-state index in [0.29, 0.717) is 12.4 Å². The van der Waals surface area contributed by atoms with Crippen molar-refractivity contribution < 1.29 is 13.9 Å². The summed E-state index contributed by atoms with van der Waals surface area (Å²) < 4.78 is 24.1. The van der Waals surface area contributed by atoms with Crippen molar-refractivity contribution in [3.8, 4) is 5.75 Å². The molecule has 0 unspecified atom stereocenters. The van der Waals surface area contributed by atoms with Crippen LogP contribution in [-0.2, 0) is 4.74 Å².